The quantitative estimate of drug-likeness (QED) is 0.402. The fraction of sp³-hybridized carbons (Fsp3) is 0.389. The van der Waals surface area contributed by atoms with Crippen molar-refractivity contribution in [3.05, 3.63) is 49.9 Å². The maximum absolute atomic E-state index is 12.2. The van der Waals surface area contributed by atoms with Crippen LogP contribution in [0.5, 0.6) is 0 Å². The molecule has 1 amide bonds. The molecule has 1 heterocycles. The van der Waals surface area contributed by atoms with E-state index in [9.17, 15) is 4.79 Å². The van der Waals surface area contributed by atoms with Gasteiger partial charge in [-0.3, -0.25) is 9.79 Å². The Bertz CT molecular complexity index is 809. The van der Waals surface area contributed by atoms with E-state index in [0.717, 1.165) is 23.2 Å². The van der Waals surface area contributed by atoms with Gasteiger partial charge < -0.3 is 15.5 Å². The predicted octanol–water partition coefficient (Wildman–Crippen LogP) is 3.59. The van der Waals surface area contributed by atoms with Gasteiger partial charge in [0, 0.05) is 31.1 Å². The molecule has 0 bridgehead atoms. The molecule has 1 aromatic heterocycles. The van der Waals surface area contributed by atoms with Crippen LogP contribution in [-0.4, -0.2) is 48.4 Å². The largest absolute Gasteiger partial charge is 0.357 e. The molecule has 0 unspecified atom stereocenters. The topological polar surface area (TPSA) is 69.6 Å². The Balaban J connectivity index is 1.88. The van der Waals surface area contributed by atoms with Crippen molar-refractivity contribution in [3.63, 3.8) is 0 Å². The highest BCUT2D eigenvalue weighted by Gasteiger charge is 2.10. The molecule has 0 aliphatic rings. The number of thiazole rings is 1. The number of guanidine groups is 1. The minimum Gasteiger partial charge on any atom is -0.357 e. The van der Waals surface area contributed by atoms with Gasteiger partial charge in [0.15, 0.2) is 5.96 Å². The number of halogens is 2. The van der Waals surface area contributed by atoms with E-state index in [1.54, 1.807) is 29.5 Å². The van der Waals surface area contributed by atoms with Gasteiger partial charge in [-0.1, -0.05) is 23.2 Å². The van der Waals surface area contributed by atoms with Gasteiger partial charge in [0.25, 0.3) is 5.91 Å². The molecule has 2 rings (SSSR count). The van der Waals surface area contributed by atoms with Gasteiger partial charge in [-0.2, -0.15) is 0 Å². The minimum absolute atomic E-state index is 0.208. The zero-order valence-corrected chi connectivity index (χ0v) is 17.9. The number of benzene rings is 1. The van der Waals surface area contributed by atoms with Crippen LogP contribution in [-0.2, 0) is 6.54 Å². The Morgan fingerprint density at radius 3 is 2.70 bits per heavy atom. The SMILES string of the molecule is CCNC(=NCCNC(=O)c1ccc(Cl)c(Cl)c1)N(C)Cc1csc(C)n1. The summed E-state index contributed by atoms with van der Waals surface area (Å²) in [6.07, 6.45) is 0. The van der Waals surface area contributed by atoms with E-state index in [1.165, 1.54) is 0 Å². The summed E-state index contributed by atoms with van der Waals surface area (Å²) in [5.41, 5.74) is 1.48. The molecule has 146 valence electrons. The summed E-state index contributed by atoms with van der Waals surface area (Å²) in [6.45, 7) is 6.31. The fourth-order valence-corrected chi connectivity index (χ4v) is 3.24. The van der Waals surface area contributed by atoms with Crippen LogP contribution in [0.2, 0.25) is 10.0 Å². The van der Waals surface area contributed by atoms with Crippen molar-refractivity contribution in [2.75, 3.05) is 26.7 Å². The lowest BCUT2D eigenvalue weighted by Crippen LogP contribution is -2.39. The van der Waals surface area contributed by atoms with Crippen LogP contribution >= 0.6 is 34.5 Å². The number of carbonyl (C=O) groups is 1. The molecule has 0 saturated heterocycles. The lowest BCUT2D eigenvalue weighted by atomic mass is 10.2. The Morgan fingerprint density at radius 1 is 1.30 bits per heavy atom. The summed E-state index contributed by atoms with van der Waals surface area (Å²) in [4.78, 5) is 23.2. The Hall–Kier alpha value is -1.83. The first-order valence-electron chi connectivity index (χ1n) is 8.54. The fourth-order valence-electron chi connectivity index (χ4n) is 2.34. The number of carbonyl (C=O) groups excluding carboxylic acids is 1. The number of nitrogens with one attached hydrogen (secondary N) is 2. The second kappa shape index (κ2) is 10.5. The van der Waals surface area contributed by atoms with Gasteiger partial charge in [0.1, 0.15) is 0 Å². The first kappa shape index (κ1) is 21.5. The number of aromatic nitrogens is 1. The molecule has 0 fully saturated rings. The van der Waals surface area contributed by atoms with Crippen LogP contribution < -0.4 is 10.6 Å². The Morgan fingerprint density at radius 2 is 2.07 bits per heavy atom. The number of amides is 1. The molecule has 2 N–H and O–H groups in total. The summed E-state index contributed by atoms with van der Waals surface area (Å²) in [5, 5.41) is 9.95. The summed E-state index contributed by atoms with van der Waals surface area (Å²) < 4.78 is 0. The molecule has 0 aliphatic heterocycles. The van der Waals surface area contributed by atoms with Gasteiger partial charge in [0.05, 0.1) is 33.8 Å². The summed E-state index contributed by atoms with van der Waals surface area (Å²) >= 11 is 13.4. The van der Waals surface area contributed by atoms with Crippen molar-refractivity contribution < 1.29 is 4.79 Å². The molecule has 1 aromatic carbocycles. The molecule has 0 aliphatic carbocycles. The van der Waals surface area contributed by atoms with Crippen LogP contribution in [0.25, 0.3) is 0 Å². The molecule has 6 nitrogen and oxygen atoms in total. The van der Waals surface area contributed by atoms with E-state index in [-0.39, 0.29) is 5.91 Å². The van der Waals surface area contributed by atoms with Crippen molar-refractivity contribution in [1.82, 2.24) is 20.5 Å². The van der Waals surface area contributed by atoms with Crippen LogP contribution in [0, 0.1) is 6.92 Å². The minimum atomic E-state index is -0.208. The number of aryl methyl sites for hydroxylation is 1. The second-order valence-electron chi connectivity index (χ2n) is 5.83. The van der Waals surface area contributed by atoms with Crippen molar-refractivity contribution >= 4 is 46.4 Å². The molecular formula is C18H23Cl2N5OS. The standard InChI is InChI=1S/C18H23Cl2N5OS/c1-4-21-18(25(3)10-14-11-27-12(2)24-14)23-8-7-22-17(26)13-5-6-15(19)16(20)9-13/h5-6,9,11H,4,7-8,10H2,1-3H3,(H,21,23)(H,22,26). The third-order valence-corrected chi connectivity index (χ3v) is 5.16. The molecule has 27 heavy (non-hydrogen) atoms. The number of nitrogens with zero attached hydrogens (tertiary/aromatic N) is 3. The maximum Gasteiger partial charge on any atom is 0.251 e. The average Bonchev–Trinajstić information content (AvgIpc) is 3.04. The zero-order chi connectivity index (χ0) is 19.8. The second-order valence-corrected chi connectivity index (χ2v) is 7.71. The van der Waals surface area contributed by atoms with Gasteiger partial charge in [-0.15, -0.1) is 11.3 Å². The van der Waals surface area contributed by atoms with Crippen LogP contribution in [0.4, 0.5) is 0 Å². The molecule has 0 atom stereocenters. The van der Waals surface area contributed by atoms with Gasteiger partial charge in [-0.25, -0.2) is 4.98 Å². The molecule has 2 aromatic rings. The van der Waals surface area contributed by atoms with Crippen molar-refractivity contribution in [2.24, 2.45) is 4.99 Å². The Kier molecular flexibility index (Phi) is 8.34. The highest BCUT2D eigenvalue weighted by atomic mass is 35.5. The third-order valence-electron chi connectivity index (χ3n) is 3.60. The normalized spacial score (nSPS) is 11.4. The smallest absolute Gasteiger partial charge is 0.251 e. The first-order valence-corrected chi connectivity index (χ1v) is 10.2. The zero-order valence-electron chi connectivity index (χ0n) is 15.6. The number of hydrogen-bond acceptors (Lipinski definition) is 4. The average molecular weight is 428 g/mol. The molecule has 9 heteroatoms. The van der Waals surface area contributed by atoms with Crippen LogP contribution in [0.1, 0.15) is 28.0 Å². The van der Waals surface area contributed by atoms with E-state index >= 15 is 0 Å². The highest BCUT2D eigenvalue weighted by Crippen LogP contribution is 2.22. The predicted molar refractivity (Wildman–Crippen MR) is 113 cm³/mol. The van der Waals surface area contributed by atoms with Gasteiger partial charge in [0.2, 0.25) is 0 Å². The van der Waals surface area contributed by atoms with Crippen LogP contribution in [0.3, 0.4) is 0 Å². The number of aliphatic imine (C=N–C) groups is 1. The highest BCUT2D eigenvalue weighted by molar-refractivity contribution is 7.09. The molecule has 0 radical (unpaired) electrons. The molecule has 0 spiro atoms. The number of hydrogen-bond donors (Lipinski definition) is 2. The van der Waals surface area contributed by atoms with Crippen molar-refractivity contribution in [2.45, 2.75) is 20.4 Å². The van der Waals surface area contributed by atoms with E-state index in [2.05, 4.69) is 20.6 Å². The lowest BCUT2D eigenvalue weighted by Gasteiger charge is -2.21. The summed E-state index contributed by atoms with van der Waals surface area (Å²) in [7, 11) is 1.96. The summed E-state index contributed by atoms with van der Waals surface area (Å²) in [6, 6.07) is 4.80. The van der Waals surface area contributed by atoms with Crippen molar-refractivity contribution in [1.29, 1.82) is 0 Å². The Labute approximate surface area is 173 Å². The van der Waals surface area contributed by atoms with E-state index in [4.69, 9.17) is 23.2 Å². The van der Waals surface area contributed by atoms with Gasteiger partial charge in [-0.05, 0) is 32.0 Å². The van der Waals surface area contributed by atoms with Gasteiger partial charge >= 0.3 is 0 Å². The van der Waals surface area contributed by atoms with Crippen molar-refractivity contribution in [3.8, 4) is 0 Å². The lowest BCUT2D eigenvalue weighted by molar-refractivity contribution is 0.0955. The first-order chi connectivity index (χ1) is 12.9. The van der Waals surface area contributed by atoms with E-state index < -0.39 is 0 Å². The monoisotopic (exact) mass is 427 g/mol. The van der Waals surface area contributed by atoms with Crippen LogP contribution in [0.15, 0.2) is 28.6 Å². The van der Waals surface area contributed by atoms with E-state index in [1.807, 2.05) is 31.2 Å². The maximum atomic E-state index is 12.2. The number of rotatable bonds is 7. The van der Waals surface area contributed by atoms with E-state index in [0.29, 0.717) is 35.2 Å². The summed E-state index contributed by atoms with van der Waals surface area (Å²) in [5.74, 6) is 0.562. The molecular weight excluding hydrogens is 405 g/mol. The molecule has 0 saturated carbocycles. The third kappa shape index (κ3) is 6.68.